The molecule has 30 heavy (non-hydrogen) atoms. The van der Waals surface area contributed by atoms with Crippen LogP contribution in [0.5, 0.6) is 11.6 Å². The zero-order chi connectivity index (χ0) is 21.6. The third-order valence-corrected chi connectivity index (χ3v) is 4.98. The fraction of sp³-hybridized carbons (Fsp3) is 0.476. The lowest BCUT2D eigenvalue weighted by molar-refractivity contribution is -0.236. The van der Waals surface area contributed by atoms with Crippen LogP contribution in [-0.2, 0) is 25.4 Å². The highest BCUT2D eigenvalue weighted by atomic mass is 16.7. The molecule has 3 heterocycles. The Bertz CT molecular complexity index is 847. The van der Waals surface area contributed by atoms with Crippen molar-refractivity contribution < 1.29 is 28.5 Å². The first-order chi connectivity index (χ1) is 14.5. The van der Waals surface area contributed by atoms with Crippen LogP contribution in [0.1, 0.15) is 11.3 Å². The van der Waals surface area contributed by atoms with Crippen LogP contribution in [0.25, 0.3) is 0 Å². The first-order valence-electron chi connectivity index (χ1n) is 9.51. The van der Waals surface area contributed by atoms with E-state index in [0.717, 1.165) is 5.56 Å². The number of hydrogen-bond acceptors (Lipinski definition) is 8. The van der Waals surface area contributed by atoms with E-state index in [1.165, 1.54) is 14.2 Å². The maximum absolute atomic E-state index is 13.1. The number of methoxy groups -OCH3 is 3. The zero-order valence-electron chi connectivity index (χ0n) is 17.7. The Morgan fingerprint density at radius 2 is 1.97 bits per heavy atom. The van der Waals surface area contributed by atoms with Gasteiger partial charge in [0.1, 0.15) is 31.9 Å². The lowest BCUT2D eigenvalue weighted by Crippen LogP contribution is -2.77. The van der Waals surface area contributed by atoms with Crippen molar-refractivity contribution in [3.63, 3.8) is 0 Å². The smallest absolute Gasteiger partial charge is 0.259 e. The van der Waals surface area contributed by atoms with Gasteiger partial charge in [-0.2, -0.15) is 0 Å². The largest absolute Gasteiger partial charge is 0.497 e. The van der Waals surface area contributed by atoms with Gasteiger partial charge in [0.05, 0.1) is 7.11 Å². The van der Waals surface area contributed by atoms with E-state index in [1.807, 2.05) is 13.0 Å². The predicted molar refractivity (Wildman–Crippen MR) is 107 cm³/mol. The van der Waals surface area contributed by atoms with Crippen molar-refractivity contribution in [3.05, 3.63) is 47.9 Å². The van der Waals surface area contributed by atoms with Gasteiger partial charge < -0.3 is 28.6 Å². The van der Waals surface area contributed by atoms with E-state index in [1.54, 1.807) is 42.6 Å². The second-order valence-corrected chi connectivity index (χ2v) is 7.00. The molecule has 9 heteroatoms. The zero-order valence-corrected chi connectivity index (χ0v) is 17.7. The molecule has 1 aliphatic heterocycles. The molecule has 2 aromatic rings. The Labute approximate surface area is 175 Å². The van der Waals surface area contributed by atoms with Gasteiger partial charge in [-0.25, -0.2) is 4.98 Å². The Balaban J connectivity index is 1.85. The van der Waals surface area contributed by atoms with Crippen molar-refractivity contribution in [2.45, 2.75) is 25.0 Å². The third kappa shape index (κ3) is 4.53. The molecule has 0 aliphatic carbocycles. The highest BCUT2D eigenvalue weighted by molar-refractivity contribution is 5.93. The number of nitrogens with zero attached hydrogens (tertiary/aromatic N) is 3. The Morgan fingerprint density at radius 3 is 2.63 bits per heavy atom. The Kier molecular flexibility index (Phi) is 7.20. The number of likely N-dealkylation sites (tertiary alicyclic amines) is 1. The van der Waals surface area contributed by atoms with Crippen molar-refractivity contribution in [1.82, 2.24) is 14.9 Å². The molecular formula is C21H27N3O6. The lowest BCUT2D eigenvalue weighted by atomic mass is 9.78. The first kappa shape index (κ1) is 21.9. The number of β-lactam (4-membered cyclic amide) rings is 1. The number of aromatic nitrogens is 2. The Morgan fingerprint density at radius 1 is 1.13 bits per heavy atom. The van der Waals surface area contributed by atoms with E-state index < -0.39 is 11.6 Å². The van der Waals surface area contributed by atoms with Crippen molar-refractivity contribution in [2.75, 3.05) is 41.5 Å². The van der Waals surface area contributed by atoms with Crippen molar-refractivity contribution in [1.29, 1.82) is 0 Å². The molecule has 2 aromatic heterocycles. The van der Waals surface area contributed by atoms with Gasteiger partial charge >= 0.3 is 0 Å². The molecule has 0 spiro atoms. The molecule has 1 amide bonds. The molecule has 1 fully saturated rings. The van der Waals surface area contributed by atoms with E-state index in [2.05, 4.69) is 9.97 Å². The predicted octanol–water partition coefficient (Wildman–Crippen LogP) is 1.59. The van der Waals surface area contributed by atoms with E-state index in [4.69, 9.17) is 23.7 Å². The fourth-order valence-electron chi connectivity index (χ4n) is 3.44. The normalized spacial score (nSPS) is 20.7. The third-order valence-electron chi connectivity index (χ3n) is 4.98. The standard InChI is InChI=1S/C21H27N3O6/c1-15-5-6-19(23-11-15)29-12-18-21(30-14-27-3,20(25)24(18)13-26-2)10-16-9-17(28-4)7-8-22-16/h5-9,11,18H,10,12-14H2,1-4H3/t18-,21+/m0/s1. The molecule has 162 valence electrons. The van der Waals surface area contributed by atoms with Crippen molar-refractivity contribution >= 4 is 5.91 Å². The molecule has 1 saturated heterocycles. The van der Waals surface area contributed by atoms with Crippen LogP contribution in [0.15, 0.2) is 36.7 Å². The average molecular weight is 417 g/mol. The number of carbonyl (C=O) groups excluding carboxylic acids is 1. The van der Waals surface area contributed by atoms with E-state index >= 15 is 0 Å². The SMILES string of the molecule is COCO[C@@]1(Cc2cc(OC)ccn2)C(=O)N(COC)[C@H]1COc1ccc(C)cn1. The van der Waals surface area contributed by atoms with Crippen LogP contribution in [0, 0.1) is 6.92 Å². The Hall–Kier alpha value is -2.75. The summed E-state index contributed by atoms with van der Waals surface area (Å²) in [5.74, 6) is 0.910. The summed E-state index contributed by atoms with van der Waals surface area (Å²) >= 11 is 0. The number of ether oxygens (including phenoxy) is 5. The highest BCUT2D eigenvalue weighted by Crippen LogP contribution is 2.38. The number of hydrogen-bond donors (Lipinski definition) is 0. The van der Waals surface area contributed by atoms with E-state index in [0.29, 0.717) is 17.3 Å². The van der Waals surface area contributed by atoms with Gasteiger partial charge in [0.2, 0.25) is 5.88 Å². The lowest BCUT2D eigenvalue weighted by Gasteiger charge is -2.54. The minimum atomic E-state index is -1.20. The summed E-state index contributed by atoms with van der Waals surface area (Å²) in [5, 5.41) is 0. The minimum Gasteiger partial charge on any atom is -0.497 e. The fourth-order valence-corrected chi connectivity index (χ4v) is 3.44. The van der Waals surface area contributed by atoms with Crippen LogP contribution in [0.3, 0.4) is 0 Å². The second-order valence-electron chi connectivity index (χ2n) is 7.00. The van der Waals surface area contributed by atoms with Crippen LogP contribution < -0.4 is 9.47 Å². The van der Waals surface area contributed by atoms with Gasteiger partial charge in [-0.1, -0.05) is 6.07 Å². The number of amides is 1. The molecular weight excluding hydrogens is 390 g/mol. The van der Waals surface area contributed by atoms with Gasteiger partial charge in [-0.3, -0.25) is 9.78 Å². The summed E-state index contributed by atoms with van der Waals surface area (Å²) in [6, 6.07) is 6.81. The van der Waals surface area contributed by atoms with Crippen LogP contribution in [-0.4, -0.2) is 73.9 Å². The van der Waals surface area contributed by atoms with Crippen molar-refractivity contribution in [2.24, 2.45) is 0 Å². The number of pyridine rings is 2. The van der Waals surface area contributed by atoms with Crippen molar-refractivity contribution in [3.8, 4) is 11.6 Å². The summed E-state index contributed by atoms with van der Waals surface area (Å²) in [6.45, 7) is 2.21. The maximum atomic E-state index is 13.1. The number of carbonyl (C=O) groups is 1. The summed E-state index contributed by atoms with van der Waals surface area (Å²) in [6.07, 6.45) is 3.60. The highest BCUT2D eigenvalue weighted by Gasteiger charge is 2.62. The minimum absolute atomic E-state index is 0.0458. The van der Waals surface area contributed by atoms with E-state index in [-0.39, 0.29) is 32.5 Å². The molecule has 0 aromatic carbocycles. The number of aryl methyl sites for hydroxylation is 1. The molecule has 0 saturated carbocycles. The van der Waals surface area contributed by atoms with Gasteiger partial charge in [-0.05, 0) is 18.6 Å². The summed E-state index contributed by atoms with van der Waals surface area (Å²) in [5.41, 5.74) is 0.497. The summed E-state index contributed by atoms with van der Waals surface area (Å²) < 4.78 is 27.4. The van der Waals surface area contributed by atoms with Gasteiger partial charge in [0.15, 0.2) is 5.60 Å². The van der Waals surface area contributed by atoms with Crippen LogP contribution in [0.2, 0.25) is 0 Å². The van der Waals surface area contributed by atoms with Crippen LogP contribution in [0.4, 0.5) is 0 Å². The molecule has 2 atom stereocenters. The van der Waals surface area contributed by atoms with Gasteiger partial charge in [0.25, 0.3) is 5.91 Å². The molecule has 0 N–H and O–H groups in total. The monoisotopic (exact) mass is 417 g/mol. The topological polar surface area (TPSA) is 92.2 Å². The van der Waals surface area contributed by atoms with E-state index in [9.17, 15) is 4.79 Å². The molecule has 3 rings (SSSR count). The molecule has 9 nitrogen and oxygen atoms in total. The molecule has 0 bridgehead atoms. The second kappa shape index (κ2) is 9.84. The average Bonchev–Trinajstić information content (AvgIpc) is 2.77. The van der Waals surface area contributed by atoms with Crippen LogP contribution >= 0.6 is 0 Å². The summed E-state index contributed by atoms with van der Waals surface area (Å²) in [7, 11) is 4.62. The summed E-state index contributed by atoms with van der Waals surface area (Å²) in [4.78, 5) is 23.4. The molecule has 0 radical (unpaired) electrons. The molecule has 0 unspecified atom stereocenters. The van der Waals surface area contributed by atoms with Gasteiger partial charge in [-0.15, -0.1) is 0 Å². The molecule has 1 aliphatic rings. The quantitative estimate of drug-likeness (QED) is 0.402. The first-order valence-corrected chi connectivity index (χ1v) is 9.51. The maximum Gasteiger partial charge on any atom is 0.259 e. The number of rotatable bonds is 11. The van der Waals surface area contributed by atoms with Gasteiger partial charge in [0, 0.05) is 50.9 Å².